The normalized spacial score (nSPS) is 21.2. The lowest BCUT2D eigenvalue weighted by Crippen LogP contribution is -2.34. The highest BCUT2D eigenvalue weighted by atomic mass is 16.5. The van der Waals surface area contributed by atoms with Crippen LogP contribution in [-0.4, -0.2) is 54.5 Å². The Bertz CT molecular complexity index is 857. The number of benzene rings is 2. The first-order valence-corrected chi connectivity index (χ1v) is 10.1. The molecule has 0 aliphatic carbocycles. The number of likely N-dealkylation sites (tertiary alicyclic amines) is 2. The fourth-order valence-corrected chi connectivity index (χ4v) is 4.45. The number of hydrogen-bond donors (Lipinski definition) is 1. The van der Waals surface area contributed by atoms with Crippen molar-refractivity contribution in [1.29, 1.82) is 0 Å². The average molecular weight is 392 g/mol. The van der Waals surface area contributed by atoms with Gasteiger partial charge in [0.2, 0.25) is 0 Å². The molecule has 2 amide bonds. The van der Waals surface area contributed by atoms with E-state index in [2.05, 4.69) is 35.6 Å². The summed E-state index contributed by atoms with van der Waals surface area (Å²) < 4.78 is 5.00. The van der Waals surface area contributed by atoms with E-state index in [9.17, 15) is 9.59 Å². The van der Waals surface area contributed by atoms with Crippen molar-refractivity contribution < 1.29 is 14.3 Å². The summed E-state index contributed by atoms with van der Waals surface area (Å²) in [6.45, 7) is 4.58. The first-order valence-electron chi connectivity index (χ1n) is 10.1. The van der Waals surface area contributed by atoms with Crippen LogP contribution >= 0.6 is 0 Å². The summed E-state index contributed by atoms with van der Waals surface area (Å²) in [5.74, 6) is 1.13. The highest BCUT2D eigenvalue weighted by Gasteiger charge is 2.41. The maximum Gasteiger partial charge on any atom is 0.409 e. The molecule has 6 heteroatoms. The van der Waals surface area contributed by atoms with Crippen LogP contribution in [0, 0.1) is 18.3 Å². The minimum absolute atomic E-state index is 0.0970. The highest BCUT2D eigenvalue weighted by Crippen LogP contribution is 2.33. The molecule has 2 aliphatic rings. The molecule has 0 saturated carbocycles. The monoisotopic (exact) mass is 392 g/mol. The minimum Gasteiger partial charge on any atom is -0.410 e. The average Bonchev–Trinajstić information content (AvgIpc) is 3.27. The van der Waals surface area contributed by atoms with Gasteiger partial charge in [0.1, 0.15) is 5.75 Å². The zero-order valence-electron chi connectivity index (χ0n) is 16.4. The van der Waals surface area contributed by atoms with E-state index < -0.39 is 6.09 Å². The van der Waals surface area contributed by atoms with Crippen molar-refractivity contribution in [2.45, 2.75) is 6.42 Å². The number of amides is 2. The van der Waals surface area contributed by atoms with Crippen LogP contribution in [0.4, 0.5) is 4.79 Å². The number of para-hydroxylation sites is 1. The number of primary amides is 1. The molecule has 1 radical (unpaired) electrons. The van der Waals surface area contributed by atoms with Gasteiger partial charge >= 0.3 is 6.09 Å². The number of nitrogens with two attached hydrogens (primary N) is 1. The summed E-state index contributed by atoms with van der Waals surface area (Å²) in [7, 11) is 0. The van der Waals surface area contributed by atoms with E-state index in [1.165, 1.54) is 5.56 Å². The van der Waals surface area contributed by atoms with E-state index in [1.807, 2.05) is 11.0 Å². The van der Waals surface area contributed by atoms with Crippen LogP contribution in [0.25, 0.3) is 0 Å². The Labute approximate surface area is 171 Å². The molecule has 2 aromatic rings. The molecule has 29 heavy (non-hydrogen) atoms. The third kappa shape index (κ3) is 4.59. The van der Waals surface area contributed by atoms with Crippen LogP contribution in [0.15, 0.2) is 54.6 Å². The van der Waals surface area contributed by atoms with Crippen LogP contribution in [-0.2, 0) is 0 Å². The van der Waals surface area contributed by atoms with Crippen molar-refractivity contribution in [3.8, 4) is 5.75 Å². The molecular formula is C23H26N3O3. The lowest BCUT2D eigenvalue weighted by Gasteiger charge is -2.22. The number of hydrogen-bond acceptors (Lipinski definition) is 4. The molecule has 6 nitrogen and oxygen atoms in total. The second-order valence-corrected chi connectivity index (χ2v) is 7.81. The van der Waals surface area contributed by atoms with Crippen LogP contribution < -0.4 is 10.5 Å². The van der Waals surface area contributed by atoms with Gasteiger partial charge in [-0.05, 0) is 48.9 Å². The maximum atomic E-state index is 13.0. The molecule has 2 aromatic carbocycles. The lowest BCUT2D eigenvalue weighted by atomic mass is 10.0. The lowest BCUT2D eigenvalue weighted by molar-refractivity contribution is 0.0771. The maximum absolute atomic E-state index is 13.0. The Balaban J connectivity index is 1.29. The summed E-state index contributed by atoms with van der Waals surface area (Å²) in [4.78, 5) is 28.5. The van der Waals surface area contributed by atoms with E-state index >= 15 is 0 Å². The molecule has 0 spiro atoms. The van der Waals surface area contributed by atoms with E-state index in [1.54, 1.807) is 24.3 Å². The highest BCUT2D eigenvalue weighted by molar-refractivity contribution is 5.97. The van der Waals surface area contributed by atoms with Gasteiger partial charge in [-0.2, -0.15) is 0 Å². The van der Waals surface area contributed by atoms with Crippen molar-refractivity contribution in [1.82, 2.24) is 9.80 Å². The third-order valence-corrected chi connectivity index (χ3v) is 5.80. The van der Waals surface area contributed by atoms with Crippen molar-refractivity contribution in [3.63, 3.8) is 0 Å². The molecule has 151 valence electrons. The molecule has 2 atom stereocenters. The van der Waals surface area contributed by atoms with Gasteiger partial charge in [-0.1, -0.05) is 42.5 Å². The molecule has 4 rings (SSSR count). The van der Waals surface area contributed by atoms with Crippen molar-refractivity contribution in [2.24, 2.45) is 17.6 Å². The van der Waals surface area contributed by atoms with Gasteiger partial charge in [-0.25, -0.2) is 4.79 Å². The Morgan fingerprint density at radius 1 is 0.966 bits per heavy atom. The molecule has 2 heterocycles. The SMILES string of the molecule is NC(=O)Oc1ccccc1C(=O)N1CC2CN(CC[CH]c3ccccc3)C[C@H]2C1. The van der Waals surface area contributed by atoms with Gasteiger partial charge in [-0.15, -0.1) is 0 Å². The van der Waals surface area contributed by atoms with E-state index in [0.29, 0.717) is 17.4 Å². The predicted molar refractivity (Wildman–Crippen MR) is 110 cm³/mol. The van der Waals surface area contributed by atoms with Crippen molar-refractivity contribution >= 4 is 12.0 Å². The van der Waals surface area contributed by atoms with E-state index in [4.69, 9.17) is 10.5 Å². The Morgan fingerprint density at radius 2 is 1.62 bits per heavy atom. The number of rotatable bonds is 6. The van der Waals surface area contributed by atoms with Gasteiger partial charge in [0.05, 0.1) is 5.56 Å². The third-order valence-electron chi connectivity index (χ3n) is 5.80. The molecule has 1 unspecified atom stereocenters. The largest absolute Gasteiger partial charge is 0.410 e. The number of nitrogens with zero attached hydrogens (tertiary/aromatic N) is 2. The zero-order chi connectivity index (χ0) is 20.2. The molecule has 2 saturated heterocycles. The fourth-order valence-electron chi connectivity index (χ4n) is 4.45. The Hall–Kier alpha value is -2.86. The Morgan fingerprint density at radius 3 is 2.31 bits per heavy atom. The van der Waals surface area contributed by atoms with Crippen molar-refractivity contribution in [2.75, 3.05) is 32.7 Å². The van der Waals surface area contributed by atoms with Crippen molar-refractivity contribution in [3.05, 3.63) is 72.1 Å². The summed E-state index contributed by atoms with van der Waals surface area (Å²) in [5, 5.41) is 0. The van der Waals surface area contributed by atoms with E-state index in [0.717, 1.165) is 39.1 Å². The molecule has 2 fully saturated rings. The molecule has 0 bridgehead atoms. The second-order valence-electron chi connectivity index (χ2n) is 7.81. The second kappa shape index (κ2) is 8.66. The minimum atomic E-state index is -0.911. The first-order chi connectivity index (χ1) is 14.1. The molecular weight excluding hydrogens is 366 g/mol. The molecule has 0 aromatic heterocycles. The van der Waals surface area contributed by atoms with Gasteiger partial charge in [0.25, 0.3) is 5.91 Å². The zero-order valence-corrected chi connectivity index (χ0v) is 16.4. The quantitative estimate of drug-likeness (QED) is 0.820. The molecule has 2 aliphatic heterocycles. The fraction of sp³-hybridized carbons (Fsp3) is 0.348. The van der Waals surface area contributed by atoms with E-state index in [-0.39, 0.29) is 11.7 Å². The van der Waals surface area contributed by atoms with Crippen LogP contribution in [0.2, 0.25) is 0 Å². The number of carbonyl (C=O) groups excluding carboxylic acids is 2. The Kier molecular flexibility index (Phi) is 5.81. The summed E-state index contributed by atoms with van der Waals surface area (Å²) >= 11 is 0. The van der Waals surface area contributed by atoms with Gasteiger partial charge in [0.15, 0.2) is 0 Å². The predicted octanol–water partition coefficient (Wildman–Crippen LogP) is 2.79. The van der Waals surface area contributed by atoms with Crippen LogP contribution in [0.5, 0.6) is 5.75 Å². The molecule has 2 N–H and O–H groups in total. The topological polar surface area (TPSA) is 75.9 Å². The summed E-state index contributed by atoms with van der Waals surface area (Å²) in [5.41, 5.74) is 6.77. The smallest absolute Gasteiger partial charge is 0.409 e. The number of ether oxygens (including phenoxy) is 1. The van der Waals surface area contributed by atoms with Gasteiger partial charge < -0.3 is 20.3 Å². The van der Waals surface area contributed by atoms with Gasteiger partial charge in [-0.3, -0.25) is 4.79 Å². The first kappa shape index (κ1) is 19.5. The summed E-state index contributed by atoms with van der Waals surface area (Å²) in [6, 6.07) is 17.2. The summed E-state index contributed by atoms with van der Waals surface area (Å²) in [6.07, 6.45) is 2.40. The van der Waals surface area contributed by atoms with Gasteiger partial charge in [0, 0.05) is 26.2 Å². The standard InChI is InChI=1S/C23H26N3O3/c24-23(28)29-21-11-5-4-10-20(21)22(27)26-15-18-13-25(14-19(18)16-26)12-6-9-17-7-2-1-3-8-17/h1-5,7-11,18-19H,6,12-16H2,(H2,24,28)/t18-,19?/m0/s1. The van der Waals surface area contributed by atoms with Crippen LogP contribution in [0.1, 0.15) is 22.3 Å². The van der Waals surface area contributed by atoms with Crippen LogP contribution in [0.3, 0.4) is 0 Å². The number of fused-ring (bicyclic) bond motifs is 1. The number of carbonyl (C=O) groups is 2.